The van der Waals surface area contributed by atoms with E-state index >= 15 is 0 Å². The second-order valence-electron chi connectivity index (χ2n) is 5.39. The molecule has 2 fully saturated rings. The Labute approximate surface area is 94.2 Å². The summed E-state index contributed by atoms with van der Waals surface area (Å²) in [6.45, 7) is 4.78. The van der Waals surface area contributed by atoms with Crippen LogP contribution in [0.4, 0.5) is 0 Å². The van der Waals surface area contributed by atoms with Gasteiger partial charge in [0.2, 0.25) is 0 Å². The van der Waals surface area contributed by atoms with Crippen LogP contribution >= 0.6 is 0 Å². The average molecular weight is 210 g/mol. The highest BCUT2D eigenvalue weighted by molar-refractivity contribution is 4.80. The van der Waals surface area contributed by atoms with Gasteiger partial charge in [-0.25, -0.2) is 0 Å². The van der Waals surface area contributed by atoms with Gasteiger partial charge in [-0.1, -0.05) is 19.3 Å². The maximum Gasteiger partial charge on any atom is 0.0192 e. The highest BCUT2D eigenvalue weighted by Gasteiger charge is 2.22. The molecule has 1 saturated heterocycles. The molecular formula is C13H26N2. The predicted molar refractivity (Wildman–Crippen MR) is 65.1 cm³/mol. The van der Waals surface area contributed by atoms with Crippen molar-refractivity contribution < 1.29 is 0 Å². The number of rotatable bonds is 4. The van der Waals surface area contributed by atoms with Crippen LogP contribution in [0.1, 0.15) is 51.9 Å². The van der Waals surface area contributed by atoms with Gasteiger partial charge in [-0.05, 0) is 45.1 Å². The molecule has 1 heterocycles. The van der Waals surface area contributed by atoms with Crippen molar-refractivity contribution in [3.8, 4) is 0 Å². The Kier molecular flexibility index (Phi) is 4.45. The van der Waals surface area contributed by atoms with Crippen molar-refractivity contribution in [1.29, 1.82) is 0 Å². The van der Waals surface area contributed by atoms with Crippen molar-refractivity contribution in [2.24, 2.45) is 5.92 Å². The Morgan fingerprint density at radius 1 is 1.13 bits per heavy atom. The molecule has 88 valence electrons. The van der Waals surface area contributed by atoms with E-state index < -0.39 is 0 Å². The van der Waals surface area contributed by atoms with Crippen LogP contribution in [0.5, 0.6) is 0 Å². The quantitative estimate of drug-likeness (QED) is 0.744. The molecule has 0 radical (unpaired) electrons. The van der Waals surface area contributed by atoms with E-state index in [1.54, 1.807) is 0 Å². The van der Waals surface area contributed by atoms with E-state index in [0.717, 1.165) is 18.0 Å². The molecule has 0 aromatic carbocycles. The Hall–Kier alpha value is -0.0800. The van der Waals surface area contributed by atoms with Crippen molar-refractivity contribution in [1.82, 2.24) is 10.6 Å². The molecule has 1 aliphatic heterocycles. The highest BCUT2D eigenvalue weighted by Crippen LogP contribution is 2.27. The van der Waals surface area contributed by atoms with Crippen molar-refractivity contribution in [3.05, 3.63) is 0 Å². The number of hydrogen-bond acceptors (Lipinski definition) is 2. The molecule has 0 bridgehead atoms. The molecule has 0 aromatic heterocycles. The van der Waals surface area contributed by atoms with Crippen molar-refractivity contribution >= 4 is 0 Å². The molecule has 1 aliphatic carbocycles. The van der Waals surface area contributed by atoms with Crippen LogP contribution in [0.15, 0.2) is 0 Å². The van der Waals surface area contributed by atoms with E-state index in [-0.39, 0.29) is 0 Å². The molecule has 2 heteroatoms. The first-order valence-electron chi connectivity index (χ1n) is 6.83. The summed E-state index contributed by atoms with van der Waals surface area (Å²) in [5, 5.41) is 7.33. The largest absolute Gasteiger partial charge is 0.313 e. The zero-order chi connectivity index (χ0) is 10.5. The molecule has 2 rings (SSSR count). The van der Waals surface area contributed by atoms with E-state index in [1.165, 1.54) is 58.0 Å². The van der Waals surface area contributed by atoms with Crippen molar-refractivity contribution in [2.45, 2.75) is 64.0 Å². The van der Waals surface area contributed by atoms with Gasteiger partial charge in [-0.15, -0.1) is 0 Å². The van der Waals surface area contributed by atoms with Gasteiger partial charge in [0.05, 0.1) is 0 Å². The van der Waals surface area contributed by atoms with Gasteiger partial charge in [0.25, 0.3) is 0 Å². The molecule has 2 aliphatic rings. The van der Waals surface area contributed by atoms with E-state index in [4.69, 9.17) is 0 Å². The summed E-state index contributed by atoms with van der Waals surface area (Å²) in [7, 11) is 0. The molecule has 2 atom stereocenters. The summed E-state index contributed by atoms with van der Waals surface area (Å²) in [4.78, 5) is 0. The summed E-state index contributed by atoms with van der Waals surface area (Å²) >= 11 is 0. The Balaban J connectivity index is 1.63. The molecule has 2 N–H and O–H groups in total. The van der Waals surface area contributed by atoms with Gasteiger partial charge in [0.15, 0.2) is 0 Å². The van der Waals surface area contributed by atoms with Crippen LogP contribution in [0, 0.1) is 5.92 Å². The number of nitrogens with one attached hydrogen (secondary N) is 2. The van der Waals surface area contributed by atoms with Crippen molar-refractivity contribution in [3.63, 3.8) is 0 Å². The lowest BCUT2D eigenvalue weighted by atomic mass is 9.98. The average Bonchev–Trinajstić information content (AvgIpc) is 2.81. The molecule has 1 unspecified atom stereocenters. The standard InChI is InChI=1S/C13H26N2/c1-11(12-6-2-3-7-12)15-10-13-8-4-5-9-14-13/h11-15H,2-10H2,1H3/t11-,13?/m1/s1. The molecule has 0 amide bonds. The summed E-state index contributed by atoms with van der Waals surface area (Å²) in [5.41, 5.74) is 0. The second-order valence-corrected chi connectivity index (χ2v) is 5.39. The predicted octanol–water partition coefficient (Wildman–Crippen LogP) is 2.30. The molecular weight excluding hydrogens is 184 g/mol. The summed E-state index contributed by atoms with van der Waals surface area (Å²) in [6.07, 6.45) is 9.96. The lowest BCUT2D eigenvalue weighted by Gasteiger charge is -2.27. The van der Waals surface area contributed by atoms with Crippen LogP contribution in [-0.2, 0) is 0 Å². The zero-order valence-electron chi connectivity index (χ0n) is 10.1. The summed E-state index contributed by atoms with van der Waals surface area (Å²) < 4.78 is 0. The first-order chi connectivity index (χ1) is 7.36. The maximum atomic E-state index is 3.73. The normalized spacial score (nSPS) is 30.6. The Morgan fingerprint density at radius 2 is 1.87 bits per heavy atom. The minimum atomic E-state index is 0.733. The van der Waals surface area contributed by atoms with E-state index in [2.05, 4.69) is 17.6 Å². The van der Waals surface area contributed by atoms with Gasteiger partial charge in [-0.2, -0.15) is 0 Å². The van der Waals surface area contributed by atoms with Crippen molar-refractivity contribution in [2.75, 3.05) is 13.1 Å². The molecule has 0 aromatic rings. The van der Waals surface area contributed by atoms with Gasteiger partial charge in [0, 0.05) is 18.6 Å². The third-order valence-electron chi connectivity index (χ3n) is 4.21. The fraction of sp³-hybridized carbons (Fsp3) is 1.00. The molecule has 15 heavy (non-hydrogen) atoms. The lowest BCUT2D eigenvalue weighted by Crippen LogP contribution is -2.45. The molecule has 2 nitrogen and oxygen atoms in total. The first-order valence-corrected chi connectivity index (χ1v) is 6.83. The SMILES string of the molecule is C[C@@H](NCC1CCCCN1)C1CCCC1. The van der Waals surface area contributed by atoms with E-state index in [1.807, 2.05) is 0 Å². The first kappa shape index (κ1) is 11.4. The van der Waals surface area contributed by atoms with Gasteiger partial charge in [0.1, 0.15) is 0 Å². The highest BCUT2D eigenvalue weighted by atomic mass is 15.0. The topological polar surface area (TPSA) is 24.1 Å². The third-order valence-corrected chi connectivity index (χ3v) is 4.21. The van der Waals surface area contributed by atoms with Crippen LogP contribution < -0.4 is 10.6 Å². The number of piperidine rings is 1. The minimum absolute atomic E-state index is 0.733. The summed E-state index contributed by atoms with van der Waals surface area (Å²) in [5.74, 6) is 0.952. The van der Waals surface area contributed by atoms with Gasteiger partial charge in [-0.3, -0.25) is 0 Å². The summed E-state index contributed by atoms with van der Waals surface area (Å²) in [6, 6.07) is 1.47. The van der Waals surface area contributed by atoms with Crippen LogP contribution in [0.25, 0.3) is 0 Å². The van der Waals surface area contributed by atoms with E-state index in [0.29, 0.717) is 0 Å². The van der Waals surface area contributed by atoms with Crippen LogP contribution in [-0.4, -0.2) is 25.2 Å². The Morgan fingerprint density at radius 3 is 2.53 bits per heavy atom. The smallest absolute Gasteiger partial charge is 0.0192 e. The third kappa shape index (κ3) is 3.46. The monoisotopic (exact) mass is 210 g/mol. The van der Waals surface area contributed by atoms with Crippen LogP contribution in [0.2, 0.25) is 0 Å². The molecule has 1 saturated carbocycles. The van der Waals surface area contributed by atoms with Crippen LogP contribution in [0.3, 0.4) is 0 Å². The Bertz CT molecular complexity index is 169. The van der Waals surface area contributed by atoms with Gasteiger partial charge >= 0.3 is 0 Å². The minimum Gasteiger partial charge on any atom is -0.313 e. The fourth-order valence-corrected chi connectivity index (χ4v) is 3.05. The van der Waals surface area contributed by atoms with E-state index in [9.17, 15) is 0 Å². The zero-order valence-corrected chi connectivity index (χ0v) is 10.1. The maximum absolute atomic E-state index is 3.73. The number of hydrogen-bond donors (Lipinski definition) is 2. The van der Waals surface area contributed by atoms with Gasteiger partial charge < -0.3 is 10.6 Å². The second kappa shape index (κ2) is 5.86. The lowest BCUT2D eigenvalue weighted by molar-refractivity contribution is 0.329. The molecule has 0 spiro atoms. The fourth-order valence-electron chi connectivity index (χ4n) is 3.05.